The molecule has 1 aromatic heterocycles. The van der Waals surface area contributed by atoms with Gasteiger partial charge in [0.2, 0.25) is 5.60 Å². The van der Waals surface area contributed by atoms with Crippen molar-refractivity contribution in [1.29, 1.82) is 0 Å². The van der Waals surface area contributed by atoms with Crippen molar-refractivity contribution in [2.24, 2.45) is 0 Å². The van der Waals surface area contributed by atoms with Gasteiger partial charge < -0.3 is 15.2 Å². The molecule has 0 saturated heterocycles. The second-order valence-electron chi connectivity index (χ2n) is 6.99. The fraction of sp³-hybridized carbons (Fsp3) is 0.217. The van der Waals surface area contributed by atoms with Crippen LogP contribution >= 0.6 is 11.6 Å². The molecule has 0 unspecified atom stereocenters. The molecule has 2 atom stereocenters. The van der Waals surface area contributed by atoms with Crippen LogP contribution in [-0.2, 0) is 15.1 Å². The number of ether oxygens (including phenoxy) is 1. The number of carbonyl (C=O) groups is 1. The Bertz CT molecular complexity index is 990. The van der Waals surface area contributed by atoms with Gasteiger partial charge in [0.1, 0.15) is 5.15 Å². The third kappa shape index (κ3) is 4.42. The molecule has 0 aliphatic rings. The number of anilines is 1. The van der Waals surface area contributed by atoms with E-state index in [1.54, 1.807) is 6.07 Å². The van der Waals surface area contributed by atoms with Gasteiger partial charge in [0.25, 0.3) is 0 Å². The molecular formula is C23H23ClN2O3. The summed E-state index contributed by atoms with van der Waals surface area (Å²) < 4.78 is 5.00. The summed E-state index contributed by atoms with van der Waals surface area (Å²) in [5.74, 6) is -0.798. The molecule has 1 heterocycles. The first kappa shape index (κ1) is 20.8. The van der Waals surface area contributed by atoms with Crippen LogP contribution in [-0.4, -0.2) is 23.2 Å². The smallest absolute Gasteiger partial charge is 0.345 e. The first-order valence-corrected chi connectivity index (χ1v) is 9.55. The lowest BCUT2D eigenvalue weighted by molar-refractivity contribution is -0.165. The molecule has 5 nitrogen and oxygen atoms in total. The van der Waals surface area contributed by atoms with Crippen LogP contribution in [0.4, 0.5) is 5.69 Å². The van der Waals surface area contributed by atoms with Crippen molar-refractivity contribution < 1.29 is 14.6 Å². The van der Waals surface area contributed by atoms with Gasteiger partial charge in [0, 0.05) is 17.4 Å². The number of esters is 1. The number of aryl methyl sites for hydroxylation is 2. The lowest BCUT2D eigenvalue weighted by Crippen LogP contribution is -2.46. The number of hydrogen-bond acceptors (Lipinski definition) is 5. The number of aromatic nitrogens is 1. The Labute approximate surface area is 175 Å². The van der Waals surface area contributed by atoms with Crippen LogP contribution in [0.15, 0.2) is 66.9 Å². The number of pyridine rings is 1. The molecule has 2 aromatic carbocycles. The zero-order chi connectivity index (χ0) is 21.0. The highest BCUT2D eigenvalue weighted by molar-refractivity contribution is 6.29. The van der Waals surface area contributed by atoms with E-state index in [-0.39, 0.29) is 10.7 Å². The van der Waals surface area contributed by atoms with E-state index >= 15 is 0 Å². The van der Waals surface area contributed by atoms with Crippen molar-refractivity contribution in [3.05, 3.63) is 94.3 Å². The Hall–Kier alpha value is -2.89. The summed E-state index contributed by atoms with van der Waals surface area (Å²) >= 11 is 5.91. The summed E-state index contributed by atoms with van der Waals surface area (Å²) in [5.41, 5.74) is 1.83. The molecule has 0 amide bonds. The SMILES string of the molecule is COC(=O)[C@](O)(c1ccc(Cl)nc1)[C@@H](Nc1ccc(C)cc1)c1cccc(C)c1. The molecular weight excluding hydrogens is 388 g/mol. The van der Waals surface area contributed by atoms with Gasteiger partial charge in [-0.2, -0.15) is 0 Å². The number of nitrogens with zero attached hydrogens (tertiary/aromatic N) is 1. The van der Waals surface area contributed by atoms with Crippen molar-refractivity contribution in [2.75, 3.05) is 12.4 Å². The van der Waals surface area contributed by atoms with Crippen molar-refractivity contribution in [3.63, 3.8) is 0 Å². The second kappa shape index (κ2) is 8.64. The molecule has 0 aliphatic carbocycles. The molecule has 3 rings (SSSR count). The van der Waals surface area contributed by atoms with Crippen molar-refractivity contribution in [2.45, 2.75) is 25.5 Å². The molecule has 0 aliphatic heterocycles. The quantitative estimate of drug-likeness (QED) is 0.460. The standard InChI is InChI=1S/C23H23ClN2O3/c1-15-7-10-19(11-8-15)26-21(17-6-4-5-16(2)13-17)23(28,22(27)29-3)18-9-12-20(24)25-14-18/h4-14,21,26,28H,1-3H3/t21-,23-/m0/s1. The lowest BCUT2D eigenvalue weighted by atomic mass is 9.82. The maximum atomic E-state index is 12.9. The molecule has 0 saturated carbocycles. The van der Waals surface area contributed by atoms with Gasteiger partial charge in [-0.25, -0.2) is 9.78 Å². The monoisotopic (exact) mass is 410 g/mol. The summed E-state index contributed by atoms with van der Waals surface area (Å²) in [6, 6.07) is 17.6. The van der Waals surface area contributed by atoms with Crippen LogP contribution in [0.1, 0.15) is 28.3 Å². The van der Waals surface area contributed by atoms with Gasteiger partial charge in [-0.05, 0) is 37.6 Å². The maximum Gasteiger partial charge on any atom is 0.345 e. The van der Waals surface area contributed by atoms with Crippen molar-refractivity contribution >= 4 is 23.3 Å². The predicted octanol–water partition coefficient (Wildman–Crippen LogP) is 4.57. The third-order valence-electron chi connectivity index (χ3n) is 4.82. The van der Waals surface area contributed by atoms with E-state index in [2.05, 4.69) is 10.3 Å². The number of aliphatic hydroxyl groups is 1. The van der Waals surface area contributed by atoms with E-state index in [1.807, 2.05) is 62.4 Å². The third-order valence-corrected chi connectivity index (χ3v) is 5.04. The summed E-state index contributed by atoms with van der Waals surface area (Å²) in [5, 5.41) is 15.3. The number of carbonyl (C=O) groups excluding carboxylic acids is 1. The van der Waals surface area contributed by atoms with Gasteiger partial charge in [-0.1, -0.05) is 65.2 Å². The first-order chi connectivity index (χ1) is 13.8. The minimum absolute atomic E-state index is 0.263. The fourth-order valence-corrected chi connectivity index (χ4v) is 3.37. The van der Waals surface area contributed by atoms with Gasteiger partial charge >= 0.3 is 5.97 Å². The lowest BCUT2D eigenvalue weighted by Gasteiger charge is -2.35. The van der Waals surface area contributed by atoms with Crippen LogP contribution in [0.3, 0.4) is 0 Å². The molecule has 0 spiro atoms. The minimum Gasteiger partial charge on any atom is -0.467 e. The second-order valence-corrected chi connectivity index (χ2v) is 7.37. The zero-order valence-corrected chi connectivity index (χ0v) is 17.3. The van der Waals surface area contributed by atoms with E-state index in [4.69, 9.17) is 16.3 Å². The Kier molecular flexibility index (Phi) is 6.20. The predicted molar refractivity (Wildman–Crippen MR) is 114 cm³/mol. The van der Waals surface area contributed by atoms with E-state index in [1.165, 1.54) is 19.4 Å². The highest BCUT2D eigenvalue weighted by atomic mass is 35.5. The average molecular weight is 411 g/mol. The zero-order valence-electron chi connectivity index (χ0n) is 16.5. The number of methoxy groups -OCH3 is 1. The average Bonchev–Trinajstić information content (AvgIpc) is 2.72. The highest BCUT2D eigenvalue weighted by Crippen LogP contribution is 2.39. The largest absolute Gasteiger partial charge is 0.467 e. The normalized spacial score (nSPS) is 14.0. The van der Waals surface area contributed by atoms with Gasteiger partial charge in [0.15, 0.2) is 0 Å². The Balaban J connectivity index is 2.17. The van der Waals surface area contributed by atoms with E-state index < -0.39 is 17.6 Å². The summed E-state index contributed by atoms with van der Waals surface area (Å²) in [4.78, 5) is 16.9. The maximum absolute atomic E-state index is 12.9. The number of benzene rings is 2. The summed E-state index contributed by atoms with van der Waals surface area (Å²) in [6.45, 7) is 3.94. The van der Waals surface area contributed by atoms with Crippen LogP contribution < -0.4 is 5.32 Å². The number of halogens is 1. The van der Waals surface area contributed by atoms with E-state index in [0.29, 0.717) is 0 Å². The van der Waals surface area contributed by atoms with Crippen molar-refractivity contribution in [1.82, 2.24) is 4.98 Å². The molecule has 0 radical (unpaired) electrons. The van der Waals surface area contributed by atoms with Gasteiger partial charge in [-0.3, -0.25) is 0 Å². The summed E-state index contributed by atoms with van der Waals surface area (Å²) in [6.07, 6.45) is 1.39. The van der Waals surface area contributed by atoms with Crippen molar-refractivity contribution in [3.8, 4) is 0 Å². The molecule has 2 N–H and O–H groups in total. The molecule has 3 aromatic rings. The Morgan fingerprint density at radius 1 is 1.10 bits per heavy atom. The number of hydrogen-bond donors (Lipinski definition) is 2. The summed E-state index contributed by atoms with van der Waals surface area (Å²) in [7, 11) is 1.25. The van der Waals surface area contributed by atoms with Crippen LogP contribution in [0.2, 0.25) is 5.15 Å². The van der Waals surface area contributed by atoms with Gasteiger partial charge in [-0.15, -0.1) is 0 Å². The Morgan fingerprint density at radius 3 is 2.41 bits per heavy atom. The van der Waals surface area contributed by atoms with Crippen LogP contribution in [0, 0.1) is 13.8 Å². The minimum atomic E-state index is -2.04. The number of rotatable bonds is 6. The van der Waals surface area contributed by atoms with E-state index in [9.17, 15) is 9.90 Å². The molecule has 150 valence electrons. The number of nitrogens with one attached hydrogen (secondary N) is 1. The van der Waals surface area contributed by atoms with Crippen LogP contribution in [0.5, 0.6) is 0 Å². The molecule has 0 fully saturated rings. The first-order valence-electron chi connectivity index (χ1n) is 9.17. The molecule has 6 heteroatoms. The molecule has 29 heavy (non-hydrogen) atoms. The van der Waals surface area contributed by atoms with Gasteiger partial charge in [0.05, 0.1) is 13.2 Å². The molecule has 0 bridgehead atoms. The topological polar surface area (TPSA) is 71.5 Å². The highest BCUT2D eigenvalue weighted by Gasteiger charge is 2.48. The van der Waals surface area contributed by atoms with E-state index in [0.717, 1.165) is 22.4 Å². The van der Waals surface area contributed by atoms with Crippen LogP contribution in [0.25, 0.3) is 0 Å². The fourth-order valence-electron chi connectivity index (χ4n) is 3.25. The Morgan fingerprint density at radius 2 is 1.83 bits per heavy atom.